The Hall–Kier alpha value is -1.31. The Kier molecular flexibility index (Phi) is 1.61. The highest BCUT2D eigenvalue weighted by Crippen LogP contribution is 2.23. The van der Waals surface area contributed by atoms with Gasteiger partial charge in [0.25, 0.3) is 0 Å². The lowest BCUT2D eigenvalue weighted by Gasteiger charge is -1.91. The predicted octanol–water partition coefficient (Wildman–Crippen LogP) is 2.95. The molecule has 0 aliphatic heterocycles. The first-order chi connectivity index (χ1) is 5.83. The zero-order valence-corrected chi connectivity index (χ0v) is 6.51. The molecular weight excluding hydrogens is 155 g/mol. The molecule has 0 saturated carbocycles. The van der Waals surface area contributed by atoms with Gasteiger partial charge in [0.2, 0.25) is 0 Å². The summed E-state index contributed by atoms with van der Waals surface area (Å²) in [5.41, 5.74) is 0. The molecule has 0 N–H and O–H groups in total. The van der Waals surface area contributed by atoms with E-state index in [1.54, 1.807) is 6.07 Å². The Bertz CT molecular complexity index is 403. The molecule has 0 amide bonds. The fourth-order valence-electron chi connectivity index (χ4n) is 1.29. The molecule has 1 nitrogen and oxygen atoms in total. The van der Waals surface area contributed by atoms with Gasteiger partial charge in [-0.05, 0) is 13.0 Å². The Morgan fingerprint density at radius 2 is 2.17 bits per heavy atom. The third-order valence-electron chi connectivity index (χ3n) is 1.90. The Labute approximate surface area is 69.8 Å². The zero-order valence-electron chi connectivity index (χ0n) is 6.51. The van der Waals surface area contributed by atoms with E-state index in [0.29, 0.717) is 11.8 Å². The first-order valence-corrected chi connectivity index (χ1v) is 3.77. The zero-order chi connectivity index (χ0) is 8.55. The number of fused-ring (bicyclic) bond motifs is 1. The molecule has 12 heavy (non-hydrogen) atoms. The van der Waals surface area contributed by atoms with Crippen LogP contribution < -0.4 is 0 Å². The van der Waals surface area contributed by atoms with E-state index in [4.69, 9.17) is 4.42 Å². The van der Waals surface area contributed by atoms with E-state index in [0.717, 1.165) is 11.1 Å². The van der Waals surface area contributed by atoms with E-state index in [2.05, 4.69) is 6.92 Å². The molecule has 1 radical (unpaired) electrons. The van der Waals surface area contributed by atoms with Crippen LogP contribution >= 0.6 is 0 Å². The van der Waals surface area contributed by atoms with Crippen molar-refractivity contribution in [2.24, 2.45) is 0 Å². The molecule has 2 heteroatoms. The van der Waals surface area contributed by atoms with Crippen molar-refractivity contribution >= 4 is 10.8 Å². The van der Waals surface area contributed by atoms with Crippen molar-refractivity contribution < 1.29 is 8.81 Å². The Balaban J connectivity index is 2.80. The highest BCUT2D eigenvalue weighted by molar-refractivity contribution is 5.84. The molecule has 0 fully saturated rings. The molecule has 0 spiro atoms. The smallest absolute Gasteiger partial charge is 0.134 e. The molecule has 1 aromatic carbocycles. The lowest BCUT2D eigenvalue weighted by Crippen LogP contribution is -1.77. The van der Waals surface area contributed by atoms with E-state index < -0.39 is 0 Å². The highest BCUT2D eigenvalue weighted by Gasteiger charge is 2.06. The van der Waals surface area contributed by atoms with Gasteiger partial charge >= 0.3 is 0 Å². The number of benzene rings is 1. The van der Waals surface area contributed by atoms with Crippen LogP contribution in [0.25, 0.3) is 10.8 Å². The minimum Gasteiger partial charge on any atom is -0.468 e. The van der Waals surface area contributed by atoms with Crippen molar-refractivity contribution in [3.05, 3.63) is 43.0 Å². The van der Waals surface area contributed by atoms with Crippen LogP contribution in [0.4, 0.5) is 4.39 Å². The van der Waals surface area contributed by atoms with Gasteiger partial charge in [-0.1, -0.05) is 12.1 Å². The molecule has 0 bridgehead atoms. The summed E-state index contributed by atoms with van der Waals surface area (Å²) in [6, 6.07) is 4.93. The van der Waals surface area contributed by atoms with Crippen LogP contribution in [0.1, 0.15) is 5.76 Å². The lowest BCUT2D eigenvalue weighted by atomic mass is 10.1. The maximum Gasteiger partial charge on any atom is 0.134 e. The molecule has 1 aromatic heterocycles. The van der Waals surface area contributed by atoms with Crippen LogP contribution in [-0.4, -0.2) is 0 Å². The standard InChI is InChI=1S/C10H8FO/c1-2-10-7-4-3-5-9(11)8(7)6-12-10/h3-6H,1-2H2. The Morgan fingerprint density at radius 3 is 2.92 bits per heavy atom. The molecule has 0 aliphatic rings. The average Bonchev–Trinajstić information content (AvgIpc) is 2.49. The van der Waals surface area contributed by atoms with Crippen LogP contribution in [0.2, 0.25) is 0 Å². The molecule has 61 valence electrons. The molecule has 0 unspecified atom stereocenters. The van der Waals surface area contributed by atoms with Gasteiger partial charge in [-0.25, -0.2) is 4.39 Å². The van der Waals surface area contributed by atoms with Crippen molar-refractivity contribution in [3.8, 4) is 0 Å². The van der Waals surface area contributed by atoms with Crippen molar-refractivity contribution in [2.45, 2.75) is 6.42 Å². The number of furan rings is 1. The quantitative estimate of drug-likeness (QED) is 0.630. The second-order valence-corrected chi connectivity index (χ2v) is 2.61. The third-order valence-corrected chi connectivity index (χ3v) is 1.90. The summed E-state index contributed by atoms with van der Waals surface area (Å²) >= 11 is 0. The number of rotatable bonds is 1. The fourth-order valence-corrected chi connectivity index (χ4v) is 1.29. The molecule has 1 heterocycles. The van der Waals surface area contributed by atoms with E-state index >= 15 is 0 Å². The fraction of sp³-hybridized carbons (Fsp3) is 0.100. The summed E-state index contributed by atoms with van der Waals surface area (Å²) in [5, 5.41) is 1.36. The van der Waals surface area contributed by atoms with Gasteiger partial charge in [0.15, 0.2) is 0 Å². The van der Waals surface area contributed by atoms with Gasteiger partial charge < -0.3 is 4.42 Å². The second-order valence-electron chi connectivity index (χ2n) is 2.61. The van der Waals surface area contributed by atoms with E-state index in [-0.39, 0.29) is 5.82 Å². The van der Waals surface area contributed by atoms with E-state index in [9.17, 15) is 4.39 Å². The normalized spacial score (nSPS) is 10.8. The summed E-state index contributed by atoms with van der Waals surface area (Å²) in [4.78, 5) is 0. The molecule has 0 atom stereocenters. The van der Waals surface area contributed by atoms with Crippen LogP contribution in [0.5, 0.6) is 0 Å². The number of hydrogen-bond acceptors (Lipinski definition) is 1. The monoisotopic (exact) mass is 163 g/mol. The molecule has 0 saturated heterocycles. The predicted molar refractivity (Wildman–Crippen MR) is 45.2 cm³/mol. The van der Waals surface area contributed by atoms with Gasteiger partial charge in [0.05, 0.1) is 5.39 Å². The van der Waals surface area contributed by atoms with E-state index in [1.807, 2.05) is 6.07 Å². The summed E-state index contributed by atoms with van der Waals surface area (Å²) in [7, 11) is 0. The van der Waals surface area contributed by atoms with Crippen LogP contribution in [-0.2, 0) is 6.42 Å². The Morgan fingerprint density at radius 1 is 1.33 bits per heavy atom. The van der Waals surface area contributed by atoms with Gasteiger partial charge in [0, 0.05) is 11.8 Å². The van der Waals surface area contributed by atoms with Gasteiger partial charge in [-0.2, -0.15) is 0 Å². The van der Waals surface area contributed by atoms with Crippen molar-refractivity contribution in [3.63, 3.8) is 0 Å². The van der Waals surface area contributed by atoms with Crippen LogP contribution in [0.3, 0.4) is 0 Å². The maximum absolute atomic E-state index is 13.1. The highest BCUT2D eigenvalue weighted by atomic mass is 19.1. The minimum atomic E-state index is -0.240. The topological polar surface area (TPSA) is 13.1 Å². The molecule has 2 rings (SSSR count). The molecule has 2 aromatic rings. The average molecular weight is 163 g/mol. The van der Waals surface area contributed by atoms with Gasteiger partial charge in [0.1, 0.15) is 17.8 Å². The van der Waals surface area contributed by atoms with Crippen molar-refractivity contribution in [1.29, 1.82) is 0 Å². The number of hydrogen-bond donors (Lipinski definition) is 0. The van der Waals surface area contributed by atoms with Crippen molar-refractivity contribution in [1.82, 2.24) is 0 Å². The third kappa shape index (κ3) is 0.916. The van der Waals surface area contributed by atoms with E-state index in [1.165, 1.54) is 12.3 Å². The van der Waals surface area contributed by atoms with Gasteiger partial charge in [-0.15, -0.1) is 0 Å². The first-order valence-electron chi connectivity index (χ1n) is 3.77. The molecular formula is C10H8FO. The summed E-state index contributed by atoms with van der Waals surface area (Å²) < 4.78 is 18.2. The first kappa shape index (κ1) is 7.35. The van der Waals surface area contributed by atoms with Crippen LogP contribution in [0.15, 0.2) is 28.9 Å². The SMILES string of the molecule is [CH2]Cc1occ2c(F)cccc12. The van der Waals surface area contributed by atoms with Crippen LogP contribution in [0, 0.1) is 12.7 Å². The maximum atomic E-state index is 13.1. The summed E-state index contributed by atoms with van der Waals surface area (Å²) in [6.45, 7) is 3.69. The largest absolute Gasteiger partial charge is 0.468 e. The summed E-state index contributed by atoms with van der Waals surface area (Å²) in [5.74, 6) is 0.500. The second kappa shape index (κ2) is 2.63. The summed E-state index contributed by atoms with van der Waals surface area (Å²) in [6.07, 6.45) is 1.98. The number of halogens is 1. The minimum absolute atomic E-state index is 0.240. The van der Waals surface area contributed by atoms with Gasteiger partial charge in [-0.3, -0.25) is 0 Å². The molecule has 0 aliphatic carbocycles. The lowest BCUT2D eigenvalue weighted by molar-refractivity contribution is 0.526. The van der Waals surface area contributed by atoms with Crippen molar-refractivity contribution in [2.75, 3.05) is 0 Å².